The first kappa shape index (κ1) is 19.3. The number of carbonyl (C=O) groups is 1. The number of rotatable bonds is 4. The van der Waals surface area contributed by atoms with Gasteiger partial charge in [0.05, 0.1) is 19.0 Å². The third kappa shape index (κ3) is 4.64. The van der Waals surface area contributed by atoms with Gasteiger partial charge < -0.3 is 9.64 Å². The summed E-state index contributed by atoms with van der Waals surface area (Å²) in [5, 5.41) is 0. The lowest BCUT2D eigenvalue weighted by Crippen LogP contribution is -2.43. The van der Waals surface area contributed by atoms with Crippen molar-refractivity contribution in [2.24, 2.45) is 5.41 Å². The fraction of sp³-hybridized carbons (Fsp3) is 0.632. The number of likely N-dealkylation sites (tertiary alicyclic amines) is 1. The van der Waals surface area contributed by atoms with Crippen molar-refractivity contribution in [2.45, 2.75) is 32.4 Å². The Morgan fingerprint density at radius 3 is 2.38 bits per heavy atom. The molecule has 2 aliphatic rings. The molecule has 0 aromatic heterocycles. The van der Waals surface area contributed by atoms with Crippen molar-refractivity contribution < 1.29 is 17.9 Å². The number of benzene rings is 1. The van der Waals surface area contributed by atoms with E-state index >= 15 is 0 Å². The predicted octanol–water partition coefficient (Wildman–Crippen LogP) is 2.11. The number of ether oxygens (including phenoxy) is 1. The molecule has 1 amide bonds. The van der Waals surface area contributed by atoms with Crippen molar-refractivity contribution >= 4 is 15.9 Å². The number of sulfonamides is 1. The number of amides is 1. The standard InChI is InChI=1S/C19H28N2O4S/c1-19(2)8-3-9-20(15-19)18(22)17-6-4-16(5-7-17)14-26(23,24)21-10-12-25-13-11-21/h4-7H,3,8-15H2,1-2H3. The minimum atomic E-state index is -3.35. The van der Waals surface area contributed by atoms with Gasteiger partial charge in [-0.2, -0.15) is 4.31 Å². The van der Waals surface area contributed by atoms with E-state index in [1.54, 1.807) is 24.3 Å². The molecule has 0 N–H and O–H groups in total. The lowest BCUT2D eigenvalue weighted by molar-refractivity contribution is 0.0583. The van der Waals surface area contributed by atoms with Crippen LogP contribution in [-0.2, 0) is 20.5 Å². The topological polar surface area (TPSA) is 66.9 Å². The van der Waals surface area contributed by atoms with Crippen LogP contribution in [0.4, 0.5) is 0 Å². The Balaban J connectivity index is 1.65. The van der Waals surface area contributed by atoms with Gasteiger partial charge in [-0.25, -0.2) is 8.42 Å². The van der Waals surface area contributed by atoms with Gasteiger partial charge >= 0.3 is 0 Å². The Hall–Kier alpha value is -1.44. The summed E-state index contributed by atoms with van der Waals surface area (Å²) >= 11 is 0. The van der Waals surface area contributed by atoms with Gasteiger partial charge in [-0.05, 0) is 36.0 Å². The van der Waals surface area contributed by atoms with Crippen LogP contribution >= 0.6 is 0 Å². The Kier molecular flexibility index (Phi) is 5.69. The van der Waals surface area contributed by atoms with Gasteiger partial charge in [-0.15, -0.1) is 0 Å². The molecule has 0 aliphatic carbocycles. The highest BCUT2D eigenvalue weighted by Crippen LogP contribution is 2.29. The smallest absolute Gasteiger partial charge is 0.253 e. The minimum absolute atomic E-state index is 0.0281. The summed E-state index contributed by atoms with van der Waals surface area (Å²) < 4.78 is 31.7. The lowest BCUT2D eigenvalue weighted by atomic mass is 9.84. The zero-order valence-corrected chi connectivity index (χ0v) is 16.4. The Labute approximate surface area is 156 Å². The molecule has 6 nitrogen and oxygen atoms in total. The highest BCUT2D eigenvalue weighted by Gasteiger charge is 2.30. The molecule has 0 radical (unpaired) electrons. The number of carbonyl (C=O) groups excluding carboxylic acids is 1. The summed E-state index contributed by atoms with van der Waals surface area (Å²) in [6.07, 6.45) is 2.16. The molecule has 2 saturated heterocycles. The van der Waals surface area contributed by atoms with Gasteiger partial charge in [0.15, 0.2) is 0 Å². The van der Waals surface area contributed by atoms with Crippen LogP contribution in [0.25, 0.3) is 0 Å². The first-order valence-corrected chi connectivity index (χ1v) is 10.8. The number of hydrogen-bond acceptors (Lipinski definition) is 4. The van der Waals surface area contributed by atoms with Crippen molar-refractivity contribution in [2.75, 3.05) is 39.4 Å². The molecule has 0 spiro atoms. The summed E-state index contributed by atoms with van der Waals surface area (Å²) in [6, 6.07) is 6.99. The van der Waals surface area contributed by atoms with Crippen LogP contribution in [0.2, 0.25) is 0 Å². The quantitative estimate of drug-likeness (QED) is 0.802. The third-order valence-corrected chi connectivity index (χ3v) is 6.95. The molecule has 2 heterocycles. The van der Waals surface area contributed by atoms with E-state index in [4.69, 9.17) is 4.74 Å². The highest BCUT2D eigenvalue weighted by molar-refractivity contribution is 7.88. The predicted molar refractivity (Wildman–Crippen MR) is 100 cm³/mol. The van der Waals surface area contributed by atoms with Gasteiger partial charge in [0, 0.05) is 31.7 Å². The summed E-state index contributed by atoms with van der Waals surface area (Å²) in [6.45, 7) is 7.62. The summed E-state index contributed by atoms with van der Waals surface area (Å²) in [7, 11) is -3.35. The summed E-state index contributed by atoms with van der Waals surface area (Å²) in [4.78, 5) is 14.6. The van der Waals surface area contributed by atoms with Gasteiger partial charge in [0.25, 0.3) is 5.91 Å². The van der Waals surface area contributed by atoms with Gasteiger partial charge in [-0.1, -0.05) is 26.0 Å². The lowest BCUT2D eigenvalue weighted by Gasteiger charge is -2.38. The van der Waals surface area contributed by atoms with Crippen LogP contribution in [0.1, 0.15) is 42.6 Å². The average Bonchev–Trinajstić information content (AvgIpc) is 2.61. The van der Waals surface area contributed by atoms with Crippen LogP contribution in [0.5, 0.6) is 0 Å². The number of hydrogen-bond donors (Lipinski definition) is 0. The third-order valence-electron chi connectivity index (χ3n) is 5.10. The van der Waals surface area contributed by atoms with E-state index in [2.05, 4.69) is 13.8 Å². The average molecular weight is 381 g/mol. The van der Waals surface area contributed by atoms with Crippen LogP contribution < -0.4 is 0 Å². The van der Waals surface area contributed by atoms with Gasteiger partial charge in [0.2, 0.25) is 10.0 Å². The second-order valence-electron chi connectivity index (χ2n) is 7.96. The molecule has 0 atom stereocenters. The van der Waals surface area contributed by atoms with E-state index in [1.807, 2.05) is 4.90 Å². The second kappa shape index (κ2) is 7.66. The monoisotopic (exact) mass is 380 g/mol. The molecule has 0 bridgehead atoms. The molecule has 1 aromatic carbocycles. The number of morpholine rings is 1. The van der Waals surface area contributed by atoms with E-state index in [9.17, 15) is 13.2 Å². The fourth-order valence-corrected chi connectivity index (χ4v) is 5.15. The Morgan fingerprint density at radius 1 is 1.12 bits per heavy atom. The van der Waals surface area contributed by atoms with E-state index < -0.39 is 10.0 Å². The summed E-state index contributed by atoms with van der Waals surface area (Å²) in [5.74, 6) is -0.0153. The van der Waals surface area contributed by atoms with Crippen LogP contribution in [-0.4, -0.2) is 62.9 Å². The molecule has 144 valence electrons. The van der Waals surface area contributed by atoms with E-state index in [1.165, 1.54) is 4.31 Å². The molecule has 3 rings (SSSR count). The Bertz CT molecular complexity index is 737. The fourth-order valence-electron chi connectivity index (χ4n) is 3.65. The van der Waals surface area contributed by atoms with Crippen LogP contribution in [0, 0.1) is 5.41 Å². The van der Waals surface area contributed by atoms with Crippen molar-refractivity contribution in [3.8, 4) is 0 Å². The molecule has 1 aromatic rings. The maximum atomic E-state index is 12.7. The van der Waals surface area contributed by atoms with E-state index in [0.717, 1.165) is 25.9 Å². The van der Waals surface area contributed by atoms with Crippen molar-refractivity contribution in [3.63, 3.8) is 0 Å². The zero-order valence-electron chi connectivity index (χ0n) is 15.6. The number of piperidine rings is 1. The summed E-state index contributed by atoms with van der Waals surface area (Å²) in [5.41, 5.74) is 1.47. The molecule has 7 heteroatoms. The maximum absolute atomic E-state index is 12.7. The van der Waals surface area contributed by atoms with Crippen molar-refractivity contribution in [1.29, 1.82) is 0 Å². The van der Waals surface area contributed by atoms with E-state index in [-0.39, 0.29) is 17.1 Å². The van der Waals surface area contributed by atoms with E-state index in [0.29, 0.717) is 37.4 Å². The van der Waals surface area contributed by atoms with Gasteiger partial charge in [0.1, 0.15) is 0 Å². The highest BCUT2D eigenvalue weighted by atomic mass is 32.2. The molecular formula is C19H28N2O4S. The molecule has 2 aliphatic heterocycles. The normalized spacial score (nSPS) is 21.5. The van der Waals surface area contributed by atoms with Crippen molar-refractivity contribution in [3.05, 3.63) is 35.4 Å². The first-order chi connectivity index (χ1) is 12.3. The molecule has 0 unspecified atom stereocenters. The molecule has 2 fully saturated rings. The second-order valence-corrected chi connectivity index (χ2v) is 9.93. The SMILES string of the molecule is CC1(C)CCCN(C(=O)c2ccc(CS(=O)(=O)N3CCOCC3)cc2)C1. The number of nitrogens with zero attached hydrogens (tertiary/aromatic N) is 2. The van der Waals surface area contributed by atoms with Crippen LogP contribution in [0.15, 0.2) is 24.3 Å². The Morgan fingerprint density at radius 2 is 1.77 bits per heavy atom. The molecule has 0 saturated carbocycles. The maximum Gasteiger partial charge on any atom is 0.253 e. The zero-order chi connectivity index (χ0) is 18.8. The van der Waals surface area contributed by atoms with Crippen LogP contribution in [0.3, 0.4) is 0 Å². The van der Waals surface area contributed by atoms with Crippen molar-refractivity contribution in [1.82, 2.24) is 9.21 Å². The van der Waals surface area contributed by atoms with Gasteiger partial charge in [-0.3, -0.25) is 4.79 Å². The first-order valence-electron chi connectivity index (χ1n) is 9.21. The molecular weight excluding hydrogens is 352 g/mol. The minimum Gasteiger partial charge on any atom is -0.379 e. The largest absolute Gasteiger partial charge is 0.379 e. The molecule has 26 heavy (non-hydrogen) atoms.